The summed E-state index contributed by atoms with van der Waals surface area (Å²) in [6.45, 7) is 6.27. The van der Waals surface area contributed by atoms with Gasteiger partial charge in [-0.2, -0.15) is 0 Å². The van der Waals surface area contributed by atoms with E-state index in [9.17, 15) is 14.7 Å². The van der Waals surface area contributed by atoms with Gasteiger partial charge in [0.1, 0.15) is 11.4 Å². The summed E-state index contributed by atoms with van der Waals surface area (Å²) in [5, 5.41) is 10.6. The van der Waals surface area contributed by atoms with E-state index in [-0.39, 0.29) is 5.43 Å². The summed E-state index contributed by atoms with van der Waals surface area (Å²) < 4.78 is 5.38. The first-order chi connectivity index (χ1) is 11.1. The van der Waals surface area contributed by atoms with Gasteiger partial charge in [-0.15, -0.1) is 0 Å². The number of methoxy groups -OCH3 is 1. The van der Waals surface area contributed by atoms with Crippen LogP contribution in [-0.2, 0) is 4.79 Å². The summed E-state index contributed by atoms with van der Waals surface area (Å²) in [5.74, 6) is 0.0279. The van der Waals surface area contributed by atoms with Gasteiger partial charge < -0.3 is 14.8 Å². The number of carbonyl (C=O) groups is 1. The zero-order chi connectivity index (χ0) is 18.2. The molecule has 0 fully saturated rings. The Morgan fingerprint density at radius 1 is 1.33 bits per heavy atom. The number of nitrogens with one attached hydrogen (secondary N) is 1. The van der Waals surface area contributed by atoms with E-state index in [2.05, 4.69) is 4.98 Å². The van der Waals surface area contributed by atoms with Crippen LogP contribution in [0.15, 0.2) is 16.9 Å². The van der Waals surface area contributed by atoms with E-state index in [4.69, 9.17) is 16.3 Å². The molecule has 0 spiro atoms. The summed E-state index contributed by atoms with van der Waals surface area (Å²) in [6, 6.07) is 1.61. The number of rotatable bonds is 4. The van der Waals surface area contributed by atoms with Crippen molar-refractivity contribution in [2.45, 2.75) is 33.3 Å². The van der Waals surface area contributed by atoms with E-state index in [1.165, 1.54) is 33.1 Å². The number of aromatic amines is 1. The highest BCUT2D eigenvalue weighted by Gasteiger charge is 2.21. The molecule has 2 rings (SSSR count). The Hall–Kier alpha value is -2.11. The van der Waals surface area contributed by atoms with Crippen LogP contribution in [0.4, 0.5) is 0 Å². The number of halogens is 1. The maximum Gasteiger partial charge on any atom is 0.193 e. The predicted octanol–water partition coefficient (Wildman–Crippen LogP) is 3.16. The Labute approximate surface area is 144 Å². The topological polar surface area (TPSA) is 79.4 Å². The lowest BCUT2D eigenvalue weighted by Gasteiger charge is -2.14. The van der Waals surface area contributed by atoms with Crippen molar-refractivity contribution in [3.8, 4) is 5.75 Å². The summed E-state index contributed by atoms with van der Waals surface area (Å²) in [5.41, 5.74) is 0.497. The molecule has 24 heavy (non-hydrogen) atoms. The number of aromatic nitrogens is 1. The third-order valence-corrected chi connectivity index (χ3v) is 4.32. The van der Waals surface area contributed by atoms with Crippen LogP contribution < -0.4 is 10.2 Å². The maximum atomic E-state index is 12.6. The molecular formula is C18H20ClNO4. The fourth-order valence-electron chi connectivity index (χ4n) is 2.37. The number of benzene rings is 1. The Kier molecular flexibility index (Phi) is 4.87. The third-order valence-electron chi connectivity index (χ3n) is 3.92. The molecule has 2 N–H and O–H groups in total. The molecule has 1 aromatic carbocycles. The molecule has 2 aromatic rings. The molecule has 0 saturated carbocycles. The molecule has 0 bridgehead atoms. The monoisotopic (exact) mass is 349 g/mol. The number of aliphatic hydroxyl groups is 1. The first-order valence-electron chi connectivity index (χ1n) is 7.42. The molecule has 0 radical (unpaired) electrons. The highest BCUT2D eigenvalue weighted by molar-refractivity contribution is 6.32. The molecule has 5 nitrogen and oxygen atoms in total. The first-order valence-corrected chi connectivity index (χ1v) is 7.80. The third kappa shape index (κ3) is 3.23. The van der Waals surface area contributed by atoms with Gasteiger partial charge in [0.25, 0.3) is 0 Å². The number of carbonyl (C=O) groups excluding carboxylic acids is 1. The molecule has 0 aliphatic carbocycles. The van der Waals surface area contributed by atoms with Crippen LogP contribution in [0.1, 0.15) is 30.7 Å². The van der Waals surface area contributed by atoms with Gasteiger partial charge in [-0.3, -0.25) is 9.59 Å². The van der Waals surface area contributed by atoms with Crippen molar-refractivity contribution in [2.75, 3.05) is 7.11 Å². The van der Waals surface area contributed by atoms with Crippen LogP contribution in [0.2, 0.25) is 5.02 Å². The van der Waals surface area contributed by atoms with Gasteiger partial charge in [0.05, 0.1) is 18.0 Å². The van der Waals surface area contributed by atoms with E-state index in [1.807, 2.05) is 0 Å². The van der Waals surface area contributed by atoms with Gasteiger partial charge in [-0.25, -0.2) is 0 Å². The van der Waals surface area contributed by atoms with Crippen LogP contribution in [0, 0.1) is 13.8 Å². The molecular weight excluding hydrogens is 330 g/mol. The van der Waals surface area contributed by atoms with Crippen molar-refractivity contribution in [1.29, 1.82) is 0 Å². The fraction of sp³-hybridized carbons (Fsp3) is 0.333. The van der Waals surface area contributed by atoms with Crippen LogP contribution in [0.5, 0.6) is 5.75 Å². The quantitative estimate of drug-likeness (QED) is 0.831. The van der Waals surface area contributed by atoms with Crippen molar-refractivity contribution in [2.24, 2.45) is 0 Å². The molecule has 0 aliphatic rings. The number of pyridine rings is 1. The minimum absolute atomic E-state index is 0.195. The molecule has 6 heteroatoms. The number of hydrogen-bond acceptors (Lipinski definition) is 4. The van der Waals surface area contributed by atoms with Gasteiger partial charge in [-0.05, 0) is 45.9 Å². The number of ether oxygens (including phenoxy) is 1. The van der Waals surface area contributed by atoms with Crippen LogP contribution in [-0.4, -0.2) is 28.6 Å². The zero-order valence-electron chi connectivity index (χ0n) is 14.3. The van der Waals surface area contributed by atoms with E-state index < -0.39 is 11.4 Å². The van der Waals surface area contributed by atoms with E-state index in [0.29, 0.717) is 38.5 Å². The largest absolute Gasteiger partial charge is 0.494 e. The van der Waals surface area contributed by atoms with Gasteiger partial charge in [-0.1, -0.05) is 11.6 Å². The predicted molar refractivity (Wildman–Crippen MR) is 95.9 cm³/mol. The average molecular weight is 350 g/mol. The number of H-pyrrole nitrogens is 1. The highest BCUT2D eigenvalue weighted by Crippen LogP contribution is 2.32. The Morgan fingerprint density at radius 2 is 1.96 bits per heavy atom. The van der Waals surface area contributed by atoms with Gasteiger partial charge in [0.2, 0.25) is 0 Å². The fourth-order valence-corrected chi connectivity index (χ4v) is 2.56. The Bertz CT molecular complexity index is 904. The Morgan fingerprint density at radius 3 is 2.50 bits per heavy atom. The van der Waals surface area contributed by atoms with E-state index in [0.717, 1.165) is 0 Å². The normalized spacial score (nSPS) is 12.1. The number of hydrogen-bond donors (Lipinski definition) is 2. The van der Waals surface area contributed by atoms with Crippen molar-refractivity contribution in [3.05, 3.63) is 44.2 Å². The molecule has 0 aliphatic heterocycles. The molecule has 1 aromatic heterocycles. The zero-order valence-corrected chi connectivity index (χ0v) is 15.0. The van der Waals surface area contributed by atoms with Gasteiger partial charge in [0.15, 0.2) is 11.2 Å². The molecule has 0 atom stereocenters. The lowest BCUT2D eigenvalue weighted by Crippen LogP contribution is -2.29. The molecule has 0 amide bonds. The molecule has 0 unspecified atom stereocenters. The molecule has 1 heterocycles. The van der Waals surface area contributed by atoms with Crippen LogP contribution in [0.3, 0.4) is 0 Å². The van der Waals surface area contributed by atoms with Crippen molar-refractivity contribution in [3.63, 3.8) is 0 Å². The van der Waals surface area contributed by atoms with Crippen LogP contribution >= 0.6 is 11.6 Å². The second-order valence-electron chi connectivity index (χ2n) is 6.19. The lowest BCUT2D eigenvalue weighted by atomic mass is 10.0. The summed E-state index contributed by atoms with van der Waals surface area (Å²) in [7, 11) is 1.50. The minimum Gasteiger partial charge on any atom is -0.494 e. The summed E-state index contributed by atoms with van der Waals surface area (Å²) in [4.78, 5) is 27.6. The first kappa shape index (κ1) is 18.2. The summed E-state index contributed by atoms with van der Waals surface area (Å²) in [6.07, 6.45) is 2.74. The maximum absolute atomic E-state index is 12.6. The van der Waals surface area contributed by atoms with Crippen molar-refractivity contribution >= 4 is 34.4 Å². The van der Waals surface area contributed by atoms with E-state index >= 15 is 0 Å². The summed E-state index contributed by atoms with van der Waals surface area (Å²) >= 11 is 6.17. The average Bonchev–Trinajstić information content (AvgIpc) is 2.50. The van der Waals surface area contributed by atoms with Crippen molar-refractivity contribution < 1.29 is 14.6 Å². The highest BCUT2D eigenvalue weighted by atomic mass is 35.5. The van der Waals surface area contributed by atoms with Crippen molar-refractivity contribution in [1.82, 2.24) is 4.98 Å². The smallest absolute Gasteiger partial charge is 0.193 e. The second kappa shape index (κ2) is 6.42. The molecule has 0 saturated heterocycles. The van der Waals surface area contributed by atoms with Gasteiger partial charge >= 0.3 is 0 Å². The standard InChI is InChI=1S/C18H20ClNO4/c1-9-12(19)8-11-15(17(9)24-5)20-13(10(2)16(11)22)6-7-14(21)18(3,4)23/h6-8,23H,1-5H3,(H,20,22). The minimum atomic E-state index is -1.47. The Balaban J connectivity index is 2.72. The number of ketones is 1. The SMILES string of the molecule is COc1c(C)c(Cl)cc2c(=O)c(C)c(C=CC(=O)C(C)(C)O)[nH]c12. The van der Waals surface area contributed by atoms with Gasteiger partial charge in [0, 0.05) is 21.8 Å². The lowest BCUT2D eigenvalue weighted by molar-refractivity contribution is -0.128. The second-order valence-corrected chi connectivity index (χ2v) is 6.60. The number of fused-ring (bicyclic) bond motifs is 1. The molecule has 128 valence electrons. The van der Waals surface area contributed by atoms with Crippen LogP contribution in [0.25, 0.3) is 17.0 Å². The van der Waals surface area contributed by atoms with E-state index in [1.54, 1.807) is 19.9 Å².